The summed E-state index contributed by atoms with van der Waals surface area (Å²) in [5.41, 5.74) is 2.31. The van der Waals surface area contributed by atoms with Crippen LogP contribution < -0.4 is 10.9 Å². The van der Waals surface area contributed by atoms with Gasteiger partial charge >= 0.3 is 0 Å². The zero-order valence-corrected chi connectivity index (χ0v) is 15.5. The number of nitrogens with zero attached hydrogens (tertiary/aromatic N) is 5. The molecule has 0 bridgehead atoms. The maximum absolute atomic E-state index is 12.4. The fourth-order valence-corrected chi connectivity index (χ4v) is 3.25. The summed E-state index contributed by atoms with van der Waals surface area (Å²) in [6.07, 6.45) is 0.163. The van der Waals surface area contributed by atoms with Crippen molar-refractivity contribution in [3.8, 4) is 0 Å². The van der Waals surface area contributed by atoms with E-state index in [1.54, 1.807) is 24.3 Å². The fourth-order valence-electron chi connectivity index (χ4n) is 3.25. The van der Waals surface area contributed by atoms with E-state index < -0.39 is 0 Å². The Kier molecular flexibility index (Phi) is 4.84. The molecule has 8 heteroatoms. The third-order valence-corrected chi connectivity index (χ3v) is 4.68. The predicted octanol–water partition coefficient (Wildman–Crippen LogP) is 1.66. The number of aryl methyl sites for hydroxylation is 2. The van der Waals surface area contributed by atoms with Gasteiger partial charge < -0.3 is 9.88 Å². The number of benzene rings is 2. The average Bonchev–Trinajstić information content (AvgIpc) is 3.03. The SMILES string of the molecule is Cc1nc2ccccc2n1CCNC(=O)CCn1nnc2ccccc2c1=O. The van der Waals surface area contributed by atoms with E-state index in [2.05, 4.69) is 25.2 Å². The minimum Gasteiger partial charge on any atom is -0.354 e. The second-order valence-electron chi connectivity index (χ2n) is 6.53. The third kappa shape index (κ3) is 3.48. The van der Waals surface area contributed by atoms with Crippen LogP contribution in [0.15, 0.2) is 53.3 Å². The highest BCUT2D eigenvalue weighted by molar-refractivity contribution is 5.77. The van der Waals surface area contributed by atoms with Crippen LogP contribution in [0.25, 0.3) is 21.9 Å². The van der Waals surface area contributed by atoms with E-state index in [0.29, 0.717) is 24.0 Å². The van der Waals surface area contributed by atoms with Gasteiger partial charge in [0.15, 0.2) is 0 Å². The van der Waals surface area contributed by atoms with Crippen molar-refractivity contribution >= 4 is 27.8 Å². The van der Waals surface area contributed by atoms with Crippen molar-refractivity contribution in [3.63, 3.8) is 0 Å². The number of carbonyl (C=O) groups is 1. The zero-order chi connectivity index (χ0) is 19.5. The van der Waals surface area contributed by atoms with Gasteiger partial charge in [-0.25, -0.2) is 9.67 Å². The quantitative estimate of drug-likeness (QED) is 0.552. The molecule has 0 saturated carbocycles. The molecule has 142 valence electrons. The highest BCUT2D eigenvalue weighted by atomic mass is 16.2. The number of rotatable bonds is 6. The van der Waals surface area contributed by atoms with E-state index in [0.717, 1.165) is 16.9 Å². The van der Waals surface area contributed by atoms with Gasteiger partial charge in [0.1, 0.15) is 11.3 Å². The van der Waals surface area contributed by atoms with Crippen LogP contribution in [0.2, 0.25) is 0 Å². The minimum absolute atomic E-state index is 0.135. The Hall–Kier alpha value is -3.55. The molecule has 2 aromatic carbocycles. The summed E-state index contributed by atoms with van der Waals surface area (Å²) in [7, 11) is 0. The van der Waals surface area contributed by atoms with Crippen molar-refractivity contribution in [2.24, 2.45) is 0 Å². The average molecular weight is 376 g/mol. The predicted molar refractivity (Wildman–Crippen MR) is 106 cm³/mol. The number of hydrogen-bond acceptors (Lipinski definition) is 5. The Balaban J connectivity index is 1.34. The van der Waals surface area contributed by atoms with Crippen LogP contribution in [0.5, 0.6) is 0 Å². The lowest BCUT2D eigenvalue weighted by molar-refractivity contribution is -0.121. The highest BCUT2D eigenvalue weighted by Crippen LogP contribution is 2.14. The fraction of sp³-hybridized carbons (Fsp3) is 0.250. The molecule has 2 aromatic heterocycles. The van der Waals surface area contributed by atoms with Gasteiger partial charge in [-0.05, 0) is 31.2 Å². The van der Waals surface area contributed by atoms with E-state index in [4.69, 9.17) is 0 Å². The van der Waals surface area contributed by atoms with Crippen LogP contribution >= 0.6 is 0 Å². The Morgan fingerprint density at radius 3 is 2.64 bits per heavy atom. The van der Waals surface area contributed by atoms with Gasteiger partial charge in [-0.15, -0.1) is 5.10 Å². The first-order chi connectivity index (χ1) is 13.6. The van der Waals surface area contributed by atoms with Gasteiger partial charge in [0.05, 0.1) is 23.0 Å². The van der Waals surface area contributed by atoms with Crippen molar-refractivity contribution < 1.29 is 4.79 Å². The van der Waals surface area contributed by atoms with Crippen LogP contribution in [-0.4, -0.2) is 37.0 Å². The second-order valence-corrected chi connectivity index (χ2v) is 6.53. The van der Waals surface area contributed by atoms with Crippen molar-refractivity contribution in [1.29, 1.82) is 0 Å². The van der Waals surface area contributed by atoms with E-state index in [9.17, 15) is 9.59 Å². The van der Waals surface area contributed by atoms with Crippen molar-refractivity contribution in [3.05, 3.63) is 64.7 Å². The van der Waals surface area contributed by atoms with Crippen LogP contribution in [0, 0.1) is 6.92 Å². The second kappa shape index (κ2) is 7.59. The molecular weight excluding hydrogens is 356 g/mol. The summed E-state index contributed by atoms with van der Waals surface area (Å²) in [6.45, 7) is 3.26. The summed E-state index contributed by atoms with van der Waals surface area (Å²) in [5.74, 6) is 0.775. The molecular formula is C20H20N6O2. The molecule has 0 aliphatic heterocycles. The molecule has 0 atom stereocenters. The molecule has 4 aromatic rings. The number of hydrogen-bond donors (Lipinski definition) is 1. The van der Waals surface area contributed by atoms with Crippen LogP contribution in [0.1, 0.15) is 12.2 Å². The number of carbonyl (C=O) groups excluding carboxylic acids is 1. The normalized spacial score (nSPS) is 11.2. The molecule has 0 saturated heterocycles. The molecule has 1 N–H and O–H groups in total. The van der Waals surface area contributed by atoms with Crippen LogP contribution in [0.3, 0.4) is 0 Å². The molecule has 8 nitrogen and oxygen atoms in total. The first-order valence-corrected chi connectivity index (χ1v) is 9.14. The van der Waals surface area contributed by atoms with E-state index in [1.807, 2.05) is 31.2 Å². The summed E-state index contributed by atoms with van der Waals surface area (Å²) < 4.78 is 3.31. The number of amides is 1. The Morgan fingerprint density at radius 2 is 1.79 bits per heavy atom. The van der Waals surface area contributed by atoms with E-state index in [1.165, 1.54) is 4.68 Å². The zero-order valence-electron chi connectivity index (χ0n) is 15.5. The van der Waals surface area contributed by atoms with Crippen molar-refractivity contribution in [2.45, 2.75) is 26.4 Å². The third-order valence-electron chi connectivity index (χ3n) is 4.68. The lowest BCUT2D eigenvalue weighted by atomic mass is 10.2. The maximum atomic E-state index is 12.4. The van der Waals surface area contributed by atoms with E-state index >= 15 is 0 Å². The Morgan fingerprint density at radius 1 is 1.04 bits per heavy atom. The number of fused-ring (bicyclic) bond motifs is 2. The lowest BCUT2D eigenvalue weighted by Crippen LogP contribution is -2.31. The standard InChI is InChI=1S/C20H20N6O2/c1-14-22-17-8-4-5-9-18(17)25(14)13-11-21-19(27)10-12-26-20(28)15-6-2-3-7-16(15)23-24-26/h2-9H,10-13H2,1H3,(H,21,27). The van der Waals surface area contributed by atoms with Gasteiger partial charge in [0, 0.05) is 19.5 Å². The van der Waals surface area contributed by atoms with Gasteiger partial charge in [-0.3, -0.25) is 9.59 Å². The monoisotopic (exact) mass is 376 g/mol. The molecule has 0 spiro atoms. The molecule has 0 radical (unpaired) electrons. The van der Waals surface area contributed by atoms with Crippen LogP contribution in [-0.2, 0) is 17.9 Å². The number of imidazole rings is 1. The summed E-state index contributed by atoms with van der Waals surface area (Å²) >= 11 is 0. The van der Waals surface area contributed by atoms with Gasteiger partial charge in [0.2, 0.25) is 5.91 Å². The molecule has 4 rings (SSSR count). The number of para-hydroxylation sites is 2. The highest BCUT2D eigenvalue weighted by Gasteiger charge is 2.09. The Labute approximate surface area is 160 Å². The number of aromatic nitrogens is 5. The molecule has 0 aliphatic rings. The molecule has 2 heterocycles. The van der Waals surface area contributed by atoms with Gasteiger partial charge in [-0.2, -0.15) is 0 Å². The first kappa shape index (κ1) is 17.8. The largest absolute Gasteiger partial charge is 0.354 e. The molecule has 28 heavy (non-hydrogen) atoms. The minimum atomic E-state index is -0.237. The van der Waals surface area contributed by atoms with Crippen molar-refractivity contribution in [1.82, 2.24) is 29.9 Å². The number of nitrogens with one attached hydrogen (secondary N) is 1. The summed E-state index contributed by atoms with van der Waals surface area (Å²) in [6, 6.07) is 15.0. The first-order valence-electron chi connectivity index (χ1n) is 9.14. The summed E-state index contributed by atoms with van der Waals surface area (Å²) in [5, 5.41) is 11.3. The molecule has 0 unspecified atom stereocenters. The van der Waals surface area contributed by atoms with Crippen molar-refractivity contribution in [2.75, 3.05) is 6.54 Å². The topological polar surface area (TPSA) is 94.7 Å². The van der Waals surface area contributed by atoms with E-state index in [-0.39, 0.29) is 24.4 Å². The molecule has 0 aliphatic carbocycles. The van der Waals surface area contributed by atoms with Gasteiger partial charge in [-0.1, -0.05) is 29.5 Å². The summed E-state index contributed by atoms with van der Waals surface area (Å²) in [4.78, 5) is 29.1. The smallest absolute Gasteiger partial charge is 0.277 e. The Bertz CT molecular complexity index is 1210. The molecule has 1 amide bonds. The van der Waals surface area contributed by atoms with Gasteiger partial charge in [0.25, 0.3) is 5.56 Å². The molecule has 0 fully saturated rings. The maximum Gasteiger partial charge on any atom is 0.277 e. The lowest BCUT2D eigenvalue weighted by Gasteiger charge is -2.09. The van der Waals surface area contributed by atoms with Crippen LogP contribution in [0.4, 0.5) is 0 Å².